The molecule has 5 unspecified atom stereocenters. The summed E-state index contributed by atoms with van der Waals surface area (Å²) in [4.78, 5) is 12.6. The first-order valence-corrected chi connectivity index (χ1v) is 8.35. The number of fused-ring (bicyclic) bond motifs is 5. The number of amides is 1. The van der Waals surface area contributed by atoms with E-state index in [1.165, 1.54) is 32.1 Å². The summed E-state index contributed by atoms with van der Waals surface area (Å²) in [7, 11) is 0. The molecule has 3 saturated carbocycles. The van der Waals surface area contributed by atoms with Gasteiger partial charge in [0, 0.05) is 19.3 Å². The van der Waals surface area contributed by atoms with Crippen molar-refractivity contribution in [1.82, 2.24) is 5.32 Å². The van der Waals surface area contributed by atoms with Gasteiger partial charge in [-0.3, -0.25) is 4.79 Å². The zero-order valence-electron chi connectivity index (χ0n) is 12.1. The summed E-state index contributed by atoms with van der Waals surface area (Å²) in [6.07, 6.45) is 8.09. The lowest BCUT2D eigenvalue weighted by atomic mass is 9.78. The Labute approximate surface area is 120 Å². The molecule has 2 bridgehead atoms. The minimum absolute atomic E-state index is 0.0768. The van der Waals surface area contributed by atoms with Gasteiger partial charge in [-0.25, -0.2) is 0 Å². The number of carbonyl (C=O) groups excluding carboxylic acids is 1. The fourth-order valence-corrected chi connectivity index (χ4v) is 5.51. The molecule has 1 heterocycles. The summed E-state index contributed by atoms with van der Waals surface area (Å²) in [5.41, 5.74) is 5.61. The fraction of sp³-hybridized carbons (Fsp3) is 0.938. The van der Waals surface area contributed by atoms with Gasteiger partial charge in [-0.1, -0.05) is 6.42 Å². The second kappa shape index (κ2) is 4.70. The molecule has 4 nitrogen and oxygen atoms in total. The van der Waals surface area contributed by atoms with Gasteiger partial charge in [-0.2, -0.15) is 0 Å². The summed E-state index contributed by atoms with van der Waals surface area (Å²) in [6.45, 7) is 1.23. The number of hydrogen-bond acceptors (Lipinski definition) is 3. The molecule has 4 rings (SSSR count). The molecule has 3 N–H and O–H groups in total. The van der Waals surface area contributed by atoms with E-state index in [1.807, 2.05) is 0 Å². The number of ether oxygens (including phenoxy) is 1. The van der Waals surface area contributed by atoms with Crippen LogP contribution in [-0.4, -0.2) is 30.7 Å². The Morgan fingerprint density at radius 1 is 1.10 bits per heavy atom. The average Bonchev–Trinajstić information content (AvgIpc) is 3.11. The fourth-order valence-electron chi connectivity index (χ4n) is 5.51. The Morgan fingerprint density at radius 3 is 2.65 bits per heavy atom. The van der Waals surface area contributed by atoms with E-state index < -0.39 is 5.54 Å². The van der Waals surface area contributed by atoms with Gasteiger partial charge in [0.15, 0.2) is 0 Å². The maximum absolute atomic E-state index is 12.6. The van der Waals surface area contributed by atoms with Crippen molar-refractivity contribution in [3.05, 3.63) is 0 Å². The van der Waals surface area contributed by atoms with Crippen molar-refractivity contribution in [2.75, 3.05) is 13.2 Å². The van der Waals surface area contributed by atoms with E-state index in [0.29, 0.717) is 32.1 Å². The van der Waals surface area contributed by atoms with Crippen LogP contribution in [0.2, 0.25) is 0 Å². The molecule has 4 fully saturated rings. The Morgan fingerprint density at radius 2 is 1.85 bits per heavy atom. The van der Waals surface area contributed by atoms with Crippen molar-refractivity contribution in [1.29, 1.82) is 0 Å². The smallest absolute Gasteiger partial charge is 0.240 e. The highest BCUT2D eigenvalue weighted by atomic mass is 16.5. The minimum atomic E-state index is -0.685. The van der Waals surface area contributed by atoms with Crippen molar-refractivity contribution < 1.29 is 9.53 Å². The van der Waals surface area contributed by atoms with Crippen LogP contribution < -0.4 is 11.1 Å². The van der Waals surface area contributed by atoms with E-state index >= 15 is 0 Å². The van der Waals surface area contributed by atoms with Gasteiger partial charge in [0.05, 0.1) is 5.54 Å². The molecule has 0 radical (unpaired) electrons. The number of carbonyl (C=O) groups is 1. The standard InChI is InChI=1S/C16H26N2O2/c17-16(4-6-20-7-5-16)15(19)18-14-9-10-8-13(14)12-3-1-2-11(10)12/h10-14H,1-9,17H2,(H,18,19). The molecule has 1 saturated heterocycles. The number of nitrogens with one attached hydrogen (secondary N) is 1. The third-order valence-corrected chi connectivity index (χ3v) is 6.58. The van der Waals surface area contributed by atoms with Crippen LogP contribution in [0.5, 0.6) is 0 Å². The maximum Gasteiger partial charge on any atom is 0.240 e. The lowest BCUT2D eigenvalue weighted by Gasteiger charge is -2.37. The first-order chi connectivity index (χ1) is 9.67. The van der Waals surface area contributed by atoms with Gasteiger partial charge in [0.25, 0.3) is 0 Å². The molecular formula is C16H26N2O2. The lowest BCUT2D eigenvalue weighted by molar-refractivity contribution is -0.131. The molecule has 0 spiro atoms. The minimum Gasteiger partial charge on any atom is -0.381 e. The predicted molar refractivity (Wildman–Crippen MR) is 75.9 cm³/mol. The number of hydrogen-bond donors (Lipinski definition) is 2. The Kier molecular flexibility index (Phi) is 3.08. The van der Waals surface area contributed by atoms with Crippen LogP contribution in [0, 0.1) is 23.7 Å². The van der Waals surface area contributed by atoms with Crippen molar-refractivity contribution in [2.24, 2.45) is 29.4 Å². The summed E-state index contributed by atoms with van der Waals surface area (Å²) in [5, 5.41) is 3.31. The molecule has 1 amide bonds. The molecule has 20 heavy (non-hydrogen) atoms. The number of nitrogens with two attached hydrogens (primary N) is 1. The zero-order valence-corrected chi connectivity index (χ0v) is 12.1. The highest BCUT2D eigenvalue weighted by Gasteiger charge is 2.54. The van der Waals surface area contributed by atoms with Gasteiger partial charge in [0.2, 0.25) is 5.91 Å². The van der Waals surface area contributed by atoms with Crippen LogP contribution in [0.3, 0.4) is 0 Å². The number of rotatable bonds is 2. The Hall–Kier alpha value is -0.610. The monoisotopic (exact) mass is 278 g/mol. The predicted octanol–water partition coefficient (Wildman–Crippen LogP) is 1.44. The summed E-state index contributed by atoms with van der Waals surface area (Å²) in [6, 6.07) is 0.398. The summed E-state index contributed by atoms with van der Waals surface area (Å²) in [5.74, 6) is 3.56. The van der Waals surface area contributed by atoms with Gasteiger partial charge in [0.1, 0.15) is 0 Å². The largest absolute Gasteiger partial charge is 0.381 e. The van der Waals surface area contributed by atoms with E-state index in [4.69, 9.17) is 10.5 Å². The first kappa shape index (κ1) is 13.1. The van der Waals surface area contributed by atoms with E-state index in [0.717, 1.165) is 23.7 Å². The maximum atomic E-state index is 12.6. The van der Waals surface area contributed by atoms with E-state index in [2.05, 4.69) is 5.32 Å². The van der Waals surface area contributed by atoms with Crippen LogP contribution in [0.25, 0.3) is 0 Å². The highest BCUT2D eigenvalue weighted by molar-refractivity contribution is 5.86. The summed E-state index contributed by atoms with van der Waals surface area (Å²) >= 11 is 0. The first-order valence-electron chi connectivity index (χ1n) is 8.35. The third kappa shape index (κ3) is 1.92. The van der Waals surface area contributed by atoms with E-state index in [9.17, 15) is 4.79 Å². The molecule has 4 aliphatic rings. The van der Waals surface area contributed by atoms with Crippen molar-refractivity contribution in [3.63, 3.8) is 0 Å². The second-order valence-electron chi connectivity index (χ2n) is 7.50. The zero-order chi connectivity index (χ0) is 13.7. The van der Waals surface area contributed by atoms with Gasteiger partial charge in [-0.15, -0.1) is 0 Å². The van der Waals surface area contributed by atoms with Crippen LogP contribution in [0.15, 0.2) is 0 Å². The van der Waals surface area contributed by atoms with Gasteiger partial charge >= 0.3 is 0 Å². The Bertz CT molecular complexity index is 405. The summed E-state index contributed by atoms with van der Waals surface area (Å²) < 4.78 is 5.33. The molecule has 0 aromatic rings. The molecule has 5 atom stereocenters. The average molecular weight is 278 g/mol. The van der Waals surface area contributed by atoms with Gasteiger partial charge in [-0.05, 0) is 62.2 Å². The van der Waals surface area contributed by atoms with E-state index in [1.54, 1.807) is 0 Å². The second-order valence-corrected chi connectivity index (χ2v) is 7.50. The molecule has 3 aliphatic carbocycles. The van der Waals surface area contributed by atoms with Crippen LogP contribution >= 0.6 is 0 Å². The molecule has 0 aromatic carbocycles. The van der Waals surface area contributed by atoms with Gasteiger partial charge < -0.3 is 15.8 Å². The Balaban J connectivity index is 1.41. The quantitative estimate of drug-likeness (QED) is 0.803. The molecule has 1 aliphatic heterocycles. The normalized spacial score (nSPS) is 45.4. The van der Waals surface area contributed by atoms with Crippen molar-refractivity contribution in [2.45, 2.75) is 56.5 Å². The van der Waals surface area contributed by atoms with E-state index in [-0.39, 0.29) is 5.91 Å². The molecular weight excluding hydrogens is 252 g/mol. The molecule has 4 heteroatoms. The lowest BCUT2D eigenvalue weighted by Crippen LogP contribution is -2.59. The highest BCUT2D eigenvalue weighted by Crippen LogP contribution is 2.58. The molecule has 0 aromatic heterocycles. The third-order valence-electron chi connectivity index (χ3n) is 6.58. The molecule has 112 valence electrons. The van der Waals surface area contributed by atoms with Crippen LogP contribution in [0.4, 0.5) is 0 Å². The topological polar surface area (TPSA) is 64.4 Å². The van der Waals surface area contributed by atoms with Crippen molar-refractivity contribution in [3.8, 4) is 0 Å². The van der Waals surface area contributed by atoms with Crippen LogP contribution in [-0.2, 0) is 9.53 Å². The van der Waals surface area contributed by atoms with Crippen LogP contribution in [0.1, 0.15) is 44.9 Å². The SMILES string of the molecule is NC1(C(=O)NC2CC3CC2C2CCCC32)CCOCC1. The van der Waals surface area contributed by atoms with Crippen molar-refractivity contribution >= 4 is 5.91 Å².